The van der Waals surface area contributed by atoms with Crippen molar-refractivity contribution in [3.63, 3.8) is 0 Å². The molecule has 146 valence electrons. The summed E-state index contributed by atoms with van der Waals surface area (Å²) in [6, 6.07) is 7.99. The van der Waals surface area contributed by atoms with Crippen LogP contribution < -0.4 is 5.32 Å². The van der Waals surface area contributed by atoms with Crippen molar-refractivity contribution in [3.8, 4) is 0 Å². The highest BCUT2D eigenvalue weighted by atomic mass is 35.5. The van der Waals surface area contributed by atoms with Crippen LogP contribution in [0.2, 0.25) is 5.02 Å². The molecule has 1 atom stereocenters. The topological polar surface area (TPSA) is 63.1 Å². The van der Waals surface area contributed by atoms with Gasteiger partial charge in [-0.15, -0.1) is 0 Å². The van der Waals surface area contributed by atoms with Crippen molar-refractivity contribution >= 4 is 28.4 Å². The predicted molar refractivity (Wildman–Crippen MR) is 110 cm³/mol. The van der Waals surface area contributed by atoms with E-state index in [-0.39, 0.29) is 11.8 Å². The van der Waals surface area contributed by atoms with Gasteiger partial charge in [-0.3, -0.25) is 4.79 Å². The Hall–Kier alpha value is -2.44. The minimum absolute atomic E-state index is 0.00843. The van der Waals surface area contributed by atoms with E-state index in [1.165, 1.54) is 22.2 Å². The van der Waals surface area contributed by atoms with Crippen molar-refractivity contribution in [1.82, 2.24) is 24.8 Å². The summed E-state index contributed by atoms with van der Waals surface area (Å²) in [5.41, 5.74) is 4.73. The van der Waals surface area contributed by atoms with E-state index in [2.05, 4.69) is 43.9 Å². The van der Waals surface area contributed by atoms with Crippen LogP contribution in [0.3, 0.4) is 0 Å². The van der Waals surface area contributed by atoms with Crippen LogP contribution in [-0.4, -0.2) is 46.0 Å². The molecule has 0 radical (unpaired) electrons. The number of benzene rings is 1. The molecule has 1 unspecified atom stereocenters. The van der Waals surface area contributed by atoms with Gasteiger partial charge in [-0.25, -0.2) is 9.97 Å². The van der Waals surface area contributed by atoms with E-state index in [1.54, 1.807) is 19.6 Å². The number of nitrogens with one attached hydrogen (secondary N) is 1. The van der Waals surface area contributed by atoms with Crippen molar-refractivity contribution in [2.24, 2.45) is 0 Å². The molecule has 0 fully saturated rings. The summed E-state index contributed by atoms with van der Waals surface area (Å²) >= 11 is 6.30. The average Bonchev–Trinajstić information content (AvgIpc) is 3.00. The second-order valence-corrected chi connectivity index (χ2v) is 7.83. The van der Waals surface area contributed by atoms with Gasteiger partial charge >= 0.3 is 0 Å². The molecule has 0 saturated carbocycles. The number of nitrogens with zero attached hydrogens (tertiary/aromatic N) is 4. The standard InChI is InChI=1S/C21H24ClN5O/c1-23-21(28)9-14(18-5-7-24-13-25-18)11-27-19-4-3-15(22)10-17(19)16-6-8-26(2)12-20(16)27/h3-5,7,10,13-14H,6,8-9,11-12H2,1-2H3,(H,23,28). The Kier molecular flexibility index (Phi) is 5.33. The maximum atomic E-state index is 12.2. The number of hydrogen-bond acceptors (Lipinski definition) is 4. The zero-order valence-electron chi connectivity index (χ0n) is 16.2. The fraction of sp³-hybridized carbons (Fsp3) is 0.381. The summed E-state index contributed by atoms with van der Waals surface area (Å²) < 4.78 is 2.35. The molecule has 28 heavy (non-hydrogen) atoms. The van der Waals surface area contributed by atoms with Gasteiger partial charge in [-0.2, -0.15) is 0 Å². The van der Waals surface area contributed by atoms with Crippen LogP contribution in [0.25, 0.3) is 10.9 Å². The van der Waals surface area contributed by atoms with Gasteiger partial charge in [0.1, 0.15) is 6.33 Å². The molecule has 0 bridgehead atoms. The van der Waals surface area contributed by atoms with Crippen LogP contribution in [-0.2, 0) is 24.3 Å². The van der Waals surface area contributed by atoms with Crippen molar-refractivity contribution in [2.75, 3.05) is 20.6 Å². The summed E-state index contributed by atoms with van der Waals surface area (Å²) in [5.74, 6) is -0.0281. The van der Waals surface area contributed by atoms with E-state index in [1.807, 2.05) is 12.1 Å². The maximum absolute atomic E-state index is 12.2. The van der Waals surface area contributed by atoms with Gasteiger partial charge in [0, 0.05) is 72.5 Å². The molecule has 1 aromatic carbocycles. The zero-order valence-corrected chi connectivity index (χ0v) is 16.9. The number of amides is 1. The first-order chi connectivity index (χ1) is 13.6. The predicted octanol–water partition coefficient (Wildman–Crippen LogP) is 2.99. The third-order valence-corrected chi connectivity index (χ3v) is 5.78. The largest absolute Gasteiger partial charge is 0.359 e. The van der Waals surface area contributed by atoms with Crippen molar-refractivity contribution in [1.29, 1.82) is 0 Å². The monoisotopic (exact) mass is 397 g/mol. The van der Waals surface area contributed by atoms with Gasteiger partial charge in [0.05, 0.1) is 0 Å². The van der Waals surface area contributed by atoms with Gasteiger partial charge in [-0.05, 0) is 43.3 Å². The molecule has 7 heteroatoms. The molecule has 1 amide bonds. The van der Waals surface area contributed by atoms with Gasteiger partial charge < -0.3 is 14.8 Å². The second kappa shape index (κ2) is 7.89. The summed E-state index contributed by atoms with van der Waals surface area (Å²) in [6.07, 6.45) is 4.66. The quantitative estimate of drug-likeness (QED) is 0.718. The molecule has 1 aliphatic rings. The van der Waals surface area contributed by atoms with Crippen LogP contribution in [0.15, 0.2) is 36.8 Å². The van der Waals surface area contributed by atoms with Gasteiger partial charge in [0.2, 0.25) is 5.91 Å². The van der Waals surface area contributed by atoms with Crippen molar-refractivity contribution in [2.45, 2.75) is 31.8 Å². The van der Waals surface area contributed by atoms with Crippen molar-refractivity contribution < 1.29 is 4.79 Å². The molecule has 1 aliphatic heterocycles. The maximum Gasteiger partial charge on any atom is 0.220 e. The molecule has 1 N–H and O–H groups in total. The Morgan fingerprint density at radius 1 is 1.36 bits per heavy atom. The smallest absolute Gasteiger partial charge is 0.220 e. The molecule has 0 aliphatic carbocycles. The number of rotatable bonds is 5. The highest BCUT2D eigenvalue weighted by Gasteiger charge is 2.26. The number of aromatic nitrogens is 3. The van der Waals surface area contributed by atoms with Crippen molar-refractivity contribution in [3.05, 3.63) is 58.8 Å². The molecule has 0 saturated heterocycles. The molecule has 3 aromatic rings. The molecule has 4 rings (SSSR count). The van der Waals surface area contributed by atoms with E-state index >= 15 is 0 Å². The Morgan fingerprint density at radius 3 is 2.96 bits per heavy atom. The average molecular weight is 398 g/mol. The third-order valence-electron chi connectivity index (χ3n) is 5.55. The molecule has 0 spiro atoms. The normalized spacial score (nSPS) is 15.4. The molecular weight excluding hydrogens is 374 g/mol. The number of carbonyl (C=O) groups excluding carboxylic acids is 1. The Labute approximate surface area is 169 Å². The number of fused-ring (bicyclic) bond motifs is 3. The summed E-state index contributed by atoms with van der Waals surface area (Å²) in [4.78, 5) is 23.0. The van der Waals surface area contributed by atoms with Crippen LogP contribution in [0, 0.1) is 0 Å². The fourth-order valence-electron chi connectivity index (χ4n) is 4.11. The highest BCUT2D eigenvalue weighted by Crippen LogP contribution is 2.34. The van der Waals surface area contributed by atoms with E-state index in [9.17, 15) is 4.79 Å². The molecule has 2 aromatic heterocycles. The Balaban J connectivity index is 1.80. The van der Waals surface area contributed by atoms with Crippen LogP contribution in [0.4, 0.5) is 0 Å². The van der Waals surface area contributed by atoms with E-state index < -0.39 is 0 Å². The van der Waals surface area contributed by atoms with Crippen LogP contribution in [0.5, 0.6) is 0 Å². The van der Waals surface area contributed by atoms with E-state index in [0.29, 0.717) is 13.0 Å². The number of halogens is 1. The lowest BCUT2D eigenvalue weighted by Gasteiger charge is -2.26. The Morgan fingerprint density at radius 2 is 2.21 bits per heavy atom. The minimum atomic E-state index is -0.0365. The lowest BCUT2D eigenvalue weighted by Crippen LogP contribution is -2.29. The number of likely N-dealkylation sites (N-methyl/N-ethyl adjacent to an activating group) is 1. The first-order valence-corrected chi connectivity index (χ1v) is 9.89. The summed E-state index contributed by atoms with van der Waals surface area (Å²) in [6.45, 7) is 2.61. The number of carbonyl (C=O) groups is 1. The first-order valence-electron chi connectivity index (χ1n) is 9.51. The minimum Gasteiger partial charge on any atom is -0.359 e. The van der Waals surface area contributed by atoms with Gasteiger partial charge in [0.15, 0.2) is 0 Å². The molecular formula is C21H24ClN5O. The van der Waals surface area contributed by atoms with E-state index in [4.69, 9.17) is 11.6 Å². The first kappa shape index (κ1) is 18.9. The Bertz CT molecular complexity index is 1000. The van der Waals surface area contributed by atoms with Gasteiger partial charge in [-0.1, -0.05) is 11.6 Å². The fourth-order valence-corrected chi connectivity index (χ4v) is 4.28. The zero-order chi connectivity index (χ0) is 19.7. The summed E-state index contributed by atoms with van der Waals surface area (Å²) in [7, 11) is 3.81. The third kappa shape index (κ3) is 3.62. The SMILES string of the molecule is CNC(=O)CC(Cn1c2c(c3cc(Cl)ccc31)CCN(C)C2)c1ccncn1. The molecule has 3 heterocycles. The van der Waals surface area contributed by atoms with Crippen LogP contribution in [0.1, 0.15) is 29.3 Å². The van der Waals surface area contributed by atoms with Crippen LogP contribution >= 0.6 is 11.6 Å². The lowest BCUT2D eigenvalue weighted by molar-refractivity contribution is -0.121. The number of hydrogen-bond donors (Lipinski definition) is 1. The molecule has 6 nitrogen and oxygen atoms in total. The summed E-state index contributed by atoms with van der Waals surface area (Å²) in [5, 5.41) is 4.71. The highest BCUT2D eigenvalue weighted by molar-refractivity contribution is 6.31. The van der Waals surface area contributed by atoms with Gasteiger partial charge in [0.25, 0.3) is 0 Å². The lowest BCUT2D eigenvalue weighted by atomic mass is 10.00. The second-order valence-electron chi connectivity index (χ2n) is 7.39. The van der Waals surface area contributed by atoms with E-state index in [0.717, 1.165) is 30.2 Å².